The first kappa shape index (κ1) is 15.8. The molecule has 3 rings (SSSR count). The van der Waals surface area contributed by atoms with Crippen LogP contribution in [0.15, 0.2) is 35.5 Å². The van der Waals surface area contributed by atoms with E-state index in [9.17, 15) is 9.59 Å². The number of urea groups is 1. The second-order valence-corrected chi connectivity index (χ2v) is 6.65. The molecule has 2 heterocycles. The van der Waals surface area contributed by atoms with E-state index in [1.165, 1.54) is 17.3 Å². The van der Waals surface area contributed by atoms with Gasteiger partial charge in [0.2, 0.25) is 16.2 Å². The molecule has 2 aromatic rings. The van der Waals surface area contributed by atoms with Crippen LogP contribution >= 0.6 is 23.3 Å². The standard InChI is InChI=1S/C14H15N5O2S2/c20-11-6-10(7-15-11)16-12(21)17-13-18-14(19-23-13)22-8-9-4-2-1-3-5-9/h1-5,10H,6-8H2,(H,15,20)(H2,16,17,18,19,21). The molecule has 1 saturated heterocycles. The lowest BCUT2D eigenvalue weighted by atomic mass is 10.2. The number of amides is 3. The molecule has 1 aliphatic rings. The normalized spacial score (nSPS) is 16.9. The van der Waals surface area contributed by atoms with Crippen LogP contribution in [-0.4, -0.2) is 33.9 Å². The highest BCUT2D eigenvalue weighted by atomic mass is 32.2. The first-order valence-corrected chi connectivity index (χ1v) is 8.79. The van der Waals surface area contributed by atoms with Crippen LogP contribution < -0.4 is 16.0 Å². The monoisotopic (exact) mass is 349 g/mol. The summed E-state index contributed by atoms with van der Waals surface area (Å²) < 4.78 is 4.21. The number of hydrogen-bond acceptors (Lipinski definition) is 6. The van der Waals surface area contributed by atoms with Gasteiger partial charge in [-0.3, -0.25) is 10.1 Å². The first-order chi connectivity index (χ1) is 11.2. The van der Waals surface area contributed by atoms with Crippen molar-refractivity contribution in [1.29, 1.82) is 0 Å². The molecule has 3 amide bonds. The number of carbonyl (C=O) groups excluding carboxylic acids is 2. The molecule has 1 aliphatic heterocycles. The van der Waals surface area contributed by atoms with Crippen molar-refractivity contribution < 1.29 is 9.59 Å². The summed E-state index contributed by atoms with van der Waals surface area (Å²) >= 11 is 2.65. The van der Waals surface area contributed by atoms with Gasteiger partial charge in [0.05, 0.1) is 6.04 Å². The number of nitrogens with one attached hydrogen (secondary N) is 3. The fourth-order valence-electron chi connectivity index (χ4n) is 2.07. The van der Waals surface area contributed by atoms with Gasteiger partial charge in [0.15, 0.2) is 0 Å². The Bertz CT molecular complexity index is 691. The summed E-state index contributed by atoms with van der Waals surface area (Å²) in [6, 6.07) is 9.49. The summed E-state index contributed by atoms with van der Waals surface area (Å²) in [6.07, 6.45) is 0.307. The van der Waals surface area contributed by atoms with Gasteiger partial charge in [0.25, 0.3) is 0 Å². The Morgan fingerprint density at radius 2 is 2.22 bits per heavy atom. The highest BCUT2D eigenvalue weighted by Crippen LogP contribution is 2.23. The Kier molecular flexibility index (Phi) is 5.09. The van der Waals surface area contributed by atoms with Crippen molar-refractivity contribution in [3.05, 3.63) is 35.9 Å². The third-order valence-corrected chi connectivity index (χ3v) is 4.82. The van der Waals surface area contributed by atoms with Crippen LogP contribution in [0.25, 0.3) is 0 Å². The summed E-state index contributed by atoms with van der Waals surface area (Å²) in [7, 11) is 0. The van der Waals surface area contributed by atoms with Crippen LogP contribution in [0.1, 0.15) is 12.0 Å². The van der Waals surface area contributed by atoms with E-state index in [-0.39, 0.29) is 18.0 Å². The number of anilines is 1. The summed E-state index contributed by atoms with van der Waals surface area (Å²) in [6.45, 7) is 0.459. The van der Waals surface area contributed by atoms with Gasteiger partial charge in [-0.25, -0.2) is 4.79 Å². The second kappa shape index (κ2) is 7.42. The van der Waals surface area contributed by atoms with Gasteiger partial charge in [0.1, 0.15) is 0 Å². The molecule has 23 heavy (non-hydrogen) atoms. The SMILES string of the molecule is O=C1CC(NC(=O)Nc2nc(SCc3ccccc3)ns2)CN1. The Labute approximate surface area is 141 Å². The molecule has 7 nitrogen and oxygen atoms in total. The summed E-state index contributed by atoms with van der Waals surface area (Å²) in [4.78, 5) is 27.2. The second-order valence-electron chi connectivity index (χ2n) is 4.96. The van der Waals surface area contributed by atoms with Crippen molar-refractivity contribution >= 4 is 40.4 Å². The van der Waals surface area contributed by atoms with Crippen molar-refractivity contribution in [1.82, 2.24) is 20.0 Å². The molecule has 0 spiro atoms. The molecule has 1 atom stereocenters. The number of thioether (sulfide) groups is 1. The van der Waals surface area contributed by atoms with E-state index in [2.05, 4.69) is 25.3 Å². The molecule has 1 aromatic heterocycles. The van der Waals surface area contributed by atoms with Crippen LogP contribution in [0.2, 0.25) is 0 Å². The lowest BCUT2D eigenvalue weighted by Crippen LogP contribution is -2.39. The smallest absolute Gasteiger partial charge is 0.321 e. The quantitative estimate of drug-likeness (QED) is 0.716. The average Bonchev–Trinajstić information content (AvgIpc) is 3.15. The zero-order valence-corrected chi connectivity index (χ0v) is 13.7. The van der Waals surface area contributed by atoms with Gasteiger partial charge in [-0.15, -0.1) is 0 Å². The molecule has 0 saturated carbocycles. The van der Waals surface area contributed by atoms with Gasteiger partial charge < -0.3 is 10.6 Å². The van der Waals surface area contributed by atoms with Crippen molar-refractivity contribution in [3.63, 3.8) is 0 Å². The fraction of sp³-hybridized carbons (Fsp3) is 0.286. The Hall–Kier alpha value is -2.13. The zero-order chi connectivity index (χ0) is 16.1. The molecule has 3 N–H and O–H groups in total. The molecule has 0 aliphatic carbocycles. The van der Waals surface area contributed by atoms with Gasteiger partial charge in [-0.05, 0) is 5.56 Å². The van der Waals surface area contributed by atoms with E-state index < -0.39 is 0 Å². The number of carbonyl (C=O) groups is 2. The summed E-state index contributed by atoms with van der Waals surface area (Å²) in [5.41, 5.74) is 1.19. The number of benzene rings is 1. The van der Waals surface area contributed by atoms with Crippen molar-refractivity contribution in [3.8, 4) is 0 Å². The minimum atomic E-state index is -0.373. The Balaban J connectivity index is 1.47. The van der Waals surface area contributed by atoms with Gasteiger partial charge in [-0.1, -0.05) is 42.1 Å². The van der Waals surface area contributed by atoms with Crippen molar-refractivity contribution in [2.45, 2.75) is 23.4 Å². The van der Waals surface area contributed by atoms with Crippen LogP contribution in [0, 0.1) is 0 Å². The van der Waals surface area contributed by atoms with E-state index in [1.54, 1.807) is 0 Å². The van der Waals surface area contributed by atoms with E-state index in [4.69, 9.17) is 0 Å². The molecule has 9 heteroatoms. The van der Waals surface area contributed by atoms with Crippen molar-refractivity contribution in [2.24, 2.45) is 0 Å². The number of aromatic nitrogens is 2. The molecule has 1 unspecified atom stereocenters. The molecular weight excluding hydrogens is 334 g/mol. The van der Waals surface area contributed by atoms with Crippen LogP contribution in [0.5, 0.6) is 0 Å². The number of rotatable bonds is 5. The highest BCUT2D eigenvalue weighted by molar-refractivity contribution is 7.98. The minimum absolute atomic E-state index is 0.0502. The zero-order valence-electron chi connectivity index (χ0n) is 12.1. The van der Waals surface area contributed by atoms with E-state index in [1.807, 2.05) is 30.3 Å². The fourth-order valence-corrected chi connectivity index (χ4v) is 3.56. The largest absolute Gasteiger partial charge is 0.354 e. The topological polar surface area (TPSA) is 96.0 Å². The Morgan fingerprint density at radius 3 is 2.96 bits per heavy atom. The predicted octanol–water partition coefficient (Wildman–Crippen LogP) is 1.84. The number of nitrogens with zero attached hydrogens (tertiary/aromatic N) is 2. The third-order valence-electron chi connectivity index (χ3n) is 3.15. The van der Waals surface area contributed by atoms with Crippen molar-refractivity contribution in [2.75, 3.05) is 11.9 Å². The maximum absolute atomic E-state index is 11.8. The van der Waals surface area contributed by atoms with E-state index in [0.717, 1.165) is 17.3 Å². The molecule has 0 radical (unpaired) electrons. The van der Waals surface area contributed by atoms with E-state index >= 15 is 0 Å². The van der Waals surface area contributed by atoms with Crippen LogP contribution in [0.3, 0.4) is 0 Å². The van der Waals surface area contributed by atoms with Gasteiger partial charge in [0, 0.05) is 30.3 Å². The van der Waals surface area contributed by atoms with Gasteiger partial charge in [-0.2, -0.15) is 9.36 Å². The highest BCUT2D eigenvalue weighted by Gasteiger charge is 2.23. The Morgan fingerprint density at radius 1 is 1.39 bits per heavy atom. The third kappa shape index (κ3) is 4.67. The lowest BCUT2D eigenvalue weighted by molar-refractivity contribution is -0.119. The summed E-state index contributed by atoms with van der Waals surface area (Å²) in [5, 5.41) is 9.10. The van der Waals surface area contributed by atoms with E-state index in [0.29, 0.717) is 23.3 Å². The maximum Gasteiger partial charge on any atom is 0.321 e. The molecule has 1 fully saturated rings. The predicted molar refractivity (Wildman–Crippen MR) is 89.5 cm³/mol. The molecule has 1 aromatic carbocycles. The lowest BCUT2D eigenvalue weighted by Gasteiger charge is -2.09. The molecule has 0 bridgehead atoms. The molecular formula is C14H15N5O2S2. The van der Waals surface area contributed by atoms with Crippen LogP contribution in [-0.2, 0) is 10.5 Å². The number of hydrogen-bond donors (Lipinski definition) is 3. The van der Waals surface area contributed by atoms with Crippen LogP contribution in [0.4, 0.5) is 9.93 Å². The maximum atomic E-state index is 11.8. The first-order valence-electron chi connectivity index (χ1n) is 7.04. The average molecular weight is 349 g/mol. The molecule has 120 valence electrons. The summed E-state index contributed by atoms with van der Waals surface area (Å²) in [5.74, 6) is 0.727. The van der Waals surface area contributed by atoms with Gasteiger partial charge >= 0.3 is 6.03 Å². The minimum Gasteiger partial charge on any atom is -0.354 e.